The summed E-state index contributed by atoms with van der Waals surface area (Å²) in [7, 11) is 2.17. The van der Waals surface area contributed by atoms with E-state index in [9.17, 15) is 9.18 Å². The summed E-state index contributed by atoms with van der Waals surface area (Å²) in [4.78, 5) is 16.8. The number of piperidine rings is 1. The Labute approximate surface area is 125 Å². The average Bonchev–Trinajstić information content (AvgIpc) is 2.89. The summed E-state index contributed by atoms with van der Waals surface area (Å²) in [6.07, 6.45) is 3.92. The first-order valence-corrected chi connectivity index (χ1v) is 7.77. The van der Waals surface area contributed by atoms with Gasteiger partial charge >= 0.3 is 0 Å². The number of carbonyl (C=O) groups is 1. The van der Waals surface area contributed by atoms with E-state index in [1.54, 1.807) is 12.1 Å². The first-order valence-electron chi connectivity index (χ1n) is 7.77. The van der Waals surface area contributed by atoms with Crippen molar-refractivity contribution in [1.29, 1.82) is 0 Å². The van der Waals surface area contributed by atoms with E-state index in [4.69, 9.17) is 0 Å². The lowest BCUT2D eigenvalue weighted by Crippen LogP contribution is -2.40. The highest BCUT2D eigenvalue weighted by molar-refractivity contribution is 5.79. The monoisotopic (exact) mass is 290 g/mol. The van der Waals surface area contributed by atoms with Crippen molar-refractivity contribution in [2.45, 2.75) is 25.7 Å². The Morgan fingerprint density at radius 1 is 1.14 bits per heavy atom. The molecule has 0 N–H and O–H groups in total. The Hall–Kier alpha value is -1.42. The van der Waals surface area contributed by atoms with Gasteiger partial charge in [0.05, 0.1) is 6.42 Å². The molecule has 2 saturated heterocycles. The molecule has 2 aliphatic rings. The smallest absolute Gasteiger partial charge is 0.227 e. The van der Waals surface area contributed by atoms with E-state index in [-0.39, 0.29) is 11.7 Å². The molecule has 0 bridgehead atoms. The van der Waals surface area contributed by atoms with Gasteiger partial charge in [0, 0.05) is 13.1 Å². The maximum absolute atomic E-state index is 12.9. The molecular weight excluding hydrogens is 267 g/mol. The summed E-state index contributed by atoms with van der Waals surface area (Å²) >= 11 is 0. The van der Waals surface area contributed by atoms with Gasteiger partial charge in [0.15, 0.2) is 0 Å². The fraction of sp³-hybridized carbons (Fsp3) is 0.588. The zero-order valence-corrected chi connectivity index (χ0v) is 12.6. The number of nitrogens with zero attached hydrogens (tertiary/aromatic N) is 2. The third-order valence-electron chi connectivity index (χ3n) is 5.11. The lowest BCUT2D eigenvalue weighted by atomic mass is 9.78. The number of hydrogen-bond acceptors (Lipinski definition) is 2. The molecule has 0 aliphatic carbocycles. The number of benzene rings is 1. The van der Waals surface area contributed by atoms with Crippen LogP contribution in [0.25, 0.3) is 0 Å². The highest BCUT2D eigenvalue weighted by Gasteiger charge is 2.41. The molecule has 2 aliphatic heterocycles. The minimum absolute atomic E-state index is 0.178. The van der Waals surface area contributed by atoms with Gasteiger partial charge in [-0.1, -0.05) is 12.1 Å². The van der Waals surface area contributed by atoms with Crippen molar-refractivity contribution in [2.75, 3.05) is 33.2 Å². The van der Waals surface area contributed by atoms with Crippen LogP contribution in [-0.4, -0.2) is 48.9 Å². The molecule has 2 heterocycles. The van der Waals surface area contributed by atoms with E-state index in [1.807, 2.05) is 4.90 Å². The second-order valence-electron chi connectivity index (χ2n) is 6.67. The van der Waals surface area contributed by atoms with Crippen molar-refractivity contribution < 1.29 is 9.18 Å². The van der Waals surface area contributed by atoms with Crippen LogP contribution in [0.3, 0.4) is 0 Å². The molecule has 3 nitrogen and oxygen atoms in total. The van der Waals surface area contributed by atoms with E-state index >= 15 is 0 Å². The highest BCUT2D eigenvalue weighted by atomic mass is 19.1. The molecule has 3 rings (SSSR count). The molecule has 0 radical (unpaired) electrons. The van der Waals surface area contributed by atoms with Crippen LogP contribution in [0.4, 0.5) is 4.39 Å². The highest BCUT2D eigenvalue weighted by Crippen LogP contribution is 2.40. The van der Waals surface area contributed by atoms with Crippen LogP contribution in [0, 0.1) is 11.2 Å². The van der Waals surface area contributed by atoms with E-state index in [1.165, 1.54) is 25.0 Å². The van der Waals surface area contributed by atoms with Crippen LogP contribution in [0.5, 0.6) is 0 Å². The quantitative estimate of drug-likeness (QED) is 0.834. The van der Waals surface area contributed by atoms with E-state index < -0.39 is 0 Å². The van der Waals surface area contributed by atoms with E-state index in [2.05, 4.69) is 11.9 Å². The van der Waals surface area contributed by atoms with Gasteiger partial charge in [0.2, 0.25) is 5.91 Å². The van der Waals surface area contributed by atoms with Gasteiger partial charge in [-0.05, 0) is 62.5 Å². The van der Waals surface area contributed by atoms with Gasteiger partial charge in [0.25, 0.3) is 0 Å². The van der Waals surface area contributed by atoms with Gasteiger partial charge < -0.3 is 9.80 Å². The normalized spacial score (nSPS) is 21.9. The molecule has 2 fully saturated rings. The number of hydrogen-bond donors (Lipinski definition) is 0. The summed E-state index contributed by atoms with van der Waals surface area (Å²) in [6.45, 7) is 4.06. The van der Waals surface area contributed by atoms with Crippen LogP contribution in [0.15, 0.2) is 24.3 Å². The molecule has 1 amide bonds. The Kier molecular flexibility index (Phi) is 3.98. The number of amides is 1. The summed E-state index contributed by atoms with van der Waals surface area (Å²) < 4.78 is 12.9. The minimum atomic E-state index is -0.252. The first-order chi connectivity index (χ1) is 10.1. The second kappa shape index (κ2) is 5.76. The molecule has 0 aromatic heterocycles. The minimum Gasteiger partial charge on any atom is -0.342 e. The molecule has 21 heavy (non-hydrogen) atoms. The number of rotatable bonds is 2. The Bertz CT molecular complexity index is 506. The molecule has 1 aromatic carbocycles. The molecule has 1 aromatic rings. The van der Waals surface area contributed by atoms with Crippen molar-refractivity contribution in [3.63, 3.8) is 0 Å². The van der Waals surface area contributed by atoms with Crippen LogP contribution < -0.4 is 0 Å². The van der Waals surface area contributed by atoms with Gasteiger partial charge in [-0.2, -0.15) is 0 Å². The summed E-state index contributed by atoms with van der Waals surface area (Å²) in [6, 6.07) is 6.25. The Morgan fingerprint density at radius 2 is 1.76 bits per heavy atom. The molecule has 0 unspecified atom stereocenters. The van der Waals surface area contributed by atoms with Crippen molar-refractivity contribution in [2.24, 2.45) is 5.41 Å². The van der Waals surface area contributed by atoms with Gasteiger partial charge in [-0.15, -0.1) is 0 Å². The fourth-order valence-electron chi connectivity index (χ4n) is 3.54. The summed E-state index contributed by atoms with van der Waals surface area (Å²) in [5.41, 5.74) is 1.25. The predicted molar refractivity (Wildman–Crippen MR) is 80.5 cm³/mol. The SMILES string of the molecule is CN1CCC2(CC1)CCN(C(=O)Cc1ccc(F)cc1)C2. The van der Waals surface area contributed by atoms with Gasteiger partial charge in [0.1, 0.15) is 5.82 Å². The van der Waals surface area contributed by atoms with Crippen molar-refractivity contribution >= 4 is 5.91 Å². The largest absolute Gasteiger partial charge is 0.342 e. The summed E-state index contributed by atoms with van der Waals surface area (Å²) in [5, 5.41) is 0. The topological polar surface area (TPSA) is 23.6 Å². The van der Waals surface area contributed by atoms with Crippen LogP contribution in [0.1, 0.15) is 24.8 Å². The number of likely N-dealkylation sites (tertiary alicyclic amines) is 2. The second-order valence-corrected chi connectivity index (χ2v) is 6.67. The zero-order valence-electron chi connectivity index (χ0n) is 12.6. The molecule has 4 heteroatoms. The maximum atomic E-state index is 12.9. The van der Waals surface area contributed by atoms with Gasteiger partial charge in [-0.3, -0.25) is 4.79 Å². The van der Waals surface area contributed by atoms with Crippen LogP contribution >= 0.6 is 0 Å². The van der Waals surface area contributed by atoms with Crippen molar-refractivity contribution in [1.82, 2.24) is 9.80 Å². The Morgan fingerprint density at radius 3 is 2.43 bits per heavy atom. The molecule has 0 atom stereocenters. The van der Waals surface area contributed by atoms with Crippen molar-refractivity contribution in [3.05, 3.63) is 35.6 Å². The van der Waals surface area contributed by atoms with E-state index in [0.29, 0.717) is 11.8 Å². The lowest BCUT2D eigenvalue weighted by molar-refractivity contribution is -0.130. The summed E-state index contributed by atoms with van der Waals surface area (Å²) in [5.74, 6) is -0.0740. The molecule has 0 saturated carbocycles. The lowest BCUT2D eigenvalue weighted by Gasteiger charge is -2.37. The number of carbonyl (C=O) groups excluding carboxylic acids is 1. The van der Waals surface area contributed by atoms with Crippen molar-refractivity contribution in [3.8, 4) is 0 Å². The molecule has 1 spiro atoms. The third kappa shape index (κ3) is 3.26. The maximum Gasteiger partial charge on any atom is 0.227 e. The van der Waals surface area contributed by atoms with Gasteiger partial charge in [-0.25, -0.2) is 4.39 Å². The Balaban J connectivity index is 1.58. The number of halogens is 1. The van der Waals surface area contributed by atoms with Crippen LogP contribution in [-0.2, 0) is 11.2 Å². The third-order valence-corrected chi connectivity index (χ3v) is 5.11. The zero-order chi connectivity index (χ0) is 14.9. The molecular formula is C17H23FN2O. The average molecular weight is 290 g/mol. The standard InChI is InChI=1S/C17H23FN2O/c1-19-9-6-17(7-10-19)8-11-20(13-17)16(21)12-14-2-4-15(18)5-3-14/h2-5H,6-13H2,1H3. The predicted octanol–water partition coefficient (Wildman–Crippen LogP) is 2.31. The fourth-order valence-corrected chi connectivity index (χ4v) is 3.54. The molecule has 114 valence electrons. The first kappa shape index (κ1) is 14.5. The van der Waals surface area contributed by atoms with Crippen LogP contribution in [0.2, 0.25) is 0 Å². The van der Waals surface area contributed by atoms with E-state index in [0.717, 1.165) is 38.2 Å².